The lowest BCUT2D eigenvalue weighted by Crippen LogP contribution is -2.18. The van der Waals surface area contributed by atoms with Crippen LogP contribution in [0.2, 0.25) is 0 Å². The lowest BCUT2D eigenvalue weighted by Gasteiger charge is -2.08. The molecule has 4 heteroatoms. The number of nitrogens with one attached hydrogen (secondary N) is 1. The number of aromatic nitrogens is 2. The van der Waals surface area contributed by atoms with Gasteiger partial charge in [0, 0.05) is 17.4 Å². The highest BCUT2D eigenvalue weighted by molar-refractivity contribution is 5.90. The smallest absolute Gasteiger partial charge is 0.246 e. The standard InChI is InChI=1S/C20H21N3O/c1-15(2)16-8-10-19(11-9-16)22-20(24)14-23-13-18(12-21-23)17-6-4-3-5-7-17/h3-13,15H,14H2,1-2H3,(H,22,24). The summed E-state index contributed by atoms with van der Waals surface area (Å²) >= 11 is 0. The molecule has 0 saturated heterocycles. The van der Waals surface area contributed by atoms with Crippen molar-refractivity contribution in [1.82, 2.24) is 9.78 Å². The van der Waals surface area contributed by atoms with E-state index in [1.165, 1.54) is 5.56 Å². The quantitative estimate of drug-likeness (QED) is 0.761. The predicted octanol–water partition coefficient (Wildman–Crippen LogP) is 4.31. The molecule has 0 fully saturated rings. The summed E-state index contributed by atoms with van der Waals surface area (Å²) in [6, 6.07) is 18.0. The highest BCUT2D eigenvalue weighted by atomic mass is 16.2. The third-order valence-electron chi connectivity index (χ3n) is 3.91. The summed E-state index contributed by atoms with van der Waals surface area (Å²) in [4.78, 5) is 12.2. The van der Waals surface area contributed by atoms with Crippen molar-refractivity contribution in [3.63, 3.8) is 0 Å². The van der Waals surface area contributed by atoms with Crippen LogP contribution in [0.1, 0.15) is 25.3 Å². The molecule has 3 aromatic rings. The Morgan fingerprint density at radius 1 is 1.04 bits per heavy atom. The van der Waals surface area contributed by atoms with Gasteiger partial charge in [0.15, 0.2) is 0 Å². The molecule has 1 amide bonds. The molecular formula is C20H21N3O. The van der Waals surface area contributed by atoms with Gasteiger partial charge in [0.25, 0.3) is 0 Å². The minimum Gasteiger partial charge on any atom is -0.324 e. The number of amides is 1. The van der Waals surface area contributed by atoms with Crippen molar-refractivity contribution in [3.05, 3.63) is 72.6 Å². The third kappa shape index (κ3) is 3.90. The normalized spacial score (nSPS) is 10.8. The Labute approximate surface area is 142 Å². The van der Waals surface area contributed by atoms with Gasteiger partial charge in [0.1, 0.15) is 6.54 Å². The van der Waals surface area contributed by atoms with Crippen LogP contribution in [-0.4, -0.2) is 15.7 Å². The zero-order chi connectivity index (χ0) is 16.9. The molecule has 3 rings (SSSR count). The Kier molecular flexibility index (Phi) is 4.75. The molecule has 0 bridgehead atoms. The molecule has 1 N–H and O–H groups in total. The van der Waals surface area contributed by atoms with Crippen molar-refractivity contribution >= 4 is 11.6 Å². The average Bonchev–Trinajstić information content (AvgIpc) is 3.04. The molecule has 4 nitrogen and oxygen atoms in total. The molecule has 0 aliphatic carbocycles. The van der Waals surface area contributed by atoms with Crippen molar-refractivity contribution in [2.45, 2.75) is 26.3 Å². The fraction of sp³-hybridized carbons (Fsp3) is 0.200. The first-order chi connectivity index (χ1) is 11.6. The topological polar surface area (TPSA) is 46.9 Å². The largest absolute Gasteiger partial charge is 0.324 e. The molecule has 0 radical (unpaired) electrons. The van der Waals surface area contributed by atoms with Gasteiger partial charge in [0.2, 0.25) is 5.91 Å². The van der Waals surface area contributed by atoms with Gasteiger partial charge in [0.05, 0.1) is 6.20 Å². The summed E-state index contributed by atoms with van der Waals surface area (Å²) in [5.41, 5.74) is 4.16. The average molecular weight is 319 g/mol. The lowest BCUT2D eigenvalue weighted by molar-refractivity contribution is -0.116. The summed E-state index contributed by atoms with van der Waals surface area (Å²) in [6.45, 7) is 4.49. The number of carbonyl (C=O) groups excluding carboxylic acids is 1. The van der Waals surface area contributed by atoms with Crippen LogP contribution in [0.25, 0.3) is 11.1 Å². The minimum absolute atomic E-state index is 0.0880. The molecule has 1 heterocycles. The number of nitrogens with zero attached hydrogens (tertiary/aromatic N) is 2. The van der Waals surface area contributed by atoms with E-state index in [2.05, 4.69) is 24.3 Å². The van der Waals surface area contributed by atoms with Gasteiger partial charge in [-0.25, -0.2) is 0 Å². The van der Waals surface area contributed by atoms with Crippen LogP contribution in [0.15, 0.2) is 67.0 Å². The van der Waals surface area contributed by atoms with Crippen LogP contribution in [-0.2, 0) is 11.3 Å². The van der Waals surface area contributed by atoms with Gasteiger partial charge in [-0.3, -0.25) is 9.48 Å². The molecule has 0 atom stereocenters. The van der Waals surface area contributed by atoms with E-state index in [0.29, 0.717) is 5.92 Å². The van der Waals surface area contributed by atoms with Crippen molar-refractivity contribution < 1.29 is 4.79 Å². The van der Waals surface area contributed by atoms with E-state index in [1.807, 2.05) is 60.8 Å². The zero-order valence-electron chi connectivity index (χ0n) is 13.9. The number of carbonyl (C=O) groups is 1. The fourth-order valence-corrected chi connectivity index (χ4v) is 2.53. The van der Waals surface area contributed by atoms with E-state index in [0.717, 1.165) is 16.8 Å². The Balaban J connectivity index is 1.62. The van der Waals surface area contributed by atoms with E-state index in [1.54, 1.807) is 10.9 Å². The van der Waals surface area contributed by atoms with Crippen LogP contribution in [0.5, 0.6) is 0 Å². The predicted molar refractivity (Wildman–Crippen MR) is 96.8 cm³/mol. The Bertz CT molecular complexity index is 804. The van der Waals surface area contributed by atoms with Gasteiger partial charge < -0.3 is 5.32 Å². The summed E-state index contributed by atoms with van der Waals surface area (Å²) < 4.78 is 1.65. The van der Waals surface area contributed by atoms with Gasteiger partial charge in [-0.2, -0.15) is 5.10 Å². The summed E-state index contributed by atoms with van der Waals surface area (Å²) in [5.74, 6) is 0.394. The maximum Gasteiger partial charge on any atom is 0.246 e. The molecule has 24 heavy (non-hydrogen) atoms. The van der Waals surface area contributed by atoms with Crippen molar-refractivity contribution in [3.8, 4) is 11.1 Å². The van der Waals surface area contributed by atoms with Crippen LogP contribution < -0.4 is 5.32 Å². The zero-order valence-corrected chi connectivity index (χ0v) is 13.9. The molecule has 0 spiro atoms. The molecule has 0 aliphatic heterocycles. The Morgan fingerprint density at radius 2 is 1.75 bits per heavy atom. The maximum atomic E-state index is 12.2. The maximum absolute atomic E-state index is 12.2. The second-order valence-corrected chi connectivity index (χ2v) is 6.12. The molecule has 122 valence electrons. The molecule has 0 unspecified atom stereocenters. The van der Waals surface area contributed by atoms with Crippen molar-refractivity contribution in [2.24, 2.45) is 0 Å². The summed E-state index contributed by atoms with van der Waals surface area (Å²) in [5, 5.41) is 7.17. The number of anilines is 1. The van der Waals surface area contributed by atoms with E-state index < -0.39 is 0 Å². The first-order valence-corrected chi connectivity index (χ1v) is 8.09. The minimum atomic E-state index is -0.0880. The second-order valence-electron chi connectivity index (χ2n) is 6.12. The van der Waals surface area contributed by atoms with E-state index in [9.17, 15) is 4.79 Å². The number of hydrogen-bond acceptors (Lipinski definition) is 2. The Morgan fingerprint density at radius 3 is 2.42 bits per heavy atom. The summed E-state index contributed by atoms with van der Waals surface area (Å²) in [7, 11) is 0. The van der Waals surface area contributed by atoms with Crippen molar-refractivity contribution in [1.29, 1.82) is 0 Å². The van der Waals surface area contributed by atoms with E-state index >= 15 is 0 Å². The number of benzene rings is 2. The van der Waals surface area contributed by atoms with Gasteiger partial charge in [-0.1, -0.05) is 56.3 Å². The van der Waals surface area contributed by atoms with Crippen LogP contribution in [0, 0.1) is 0 Å². The second kappa shape index (κ2) is 7.13. The Hall–Kier alpha value is -2.88. The van der Waals surface area contributed by atoms with Gasteiger partial charge in [-0.15, -0.1) is 0 Å². The molecule has 2 aromatic carbocycles. The van der Waals surface area contributed by atoms with Gasteiger partial charge >= 0.3 is 0 Å². The molecule has 0 saturated carbocycles. The number of hydrogen-bond donors (Lipinski definition) is 1. The van der Waals surface area contributed by atoms with Crippen molar-refractivity contribution in [2.75, 3.05) is 5.32 Å². The third-order valence-corrected chi connectivity index (χ3v) is 3.91. The van der Waals surface area contributed by atoms with Crippen LogP contribution >= 0.6 is 0 Å². The molecule has 0 aliphatic rings. The van der Waals surface area contributed by atoms with E-state index in [-0.39, 0.29) is 12.5 Å². The molecule has 1 aromatic heterocycles. The highest BCUT2D eigenvalue weighted by Crippen LogP contribution is 2.18. The monoisotopic (exact) mass is 319 g/mol. The van der Waals surface area contributed by atoms with Crippen LogP contribution in [0.4, 0.5) is 5.69 Å². The first kappa shape index (κ1) is 16.0. The van der Waals surface area contributed by atoms with Gasteiger partial charge in [-0.05, 0) is 29.2 Å². The number of rotatable bonds is 5. The first-order valence-electron chi connectivity index (χ1n) is 8.09. The SMILES string of the molecule is CC(C)c1ccc(NC(=O)Cn2cc(-c3ccccc3)cn2)cc1. The lowest BCUT2D eigenvalue weighted by atomic mass is 10.0. The highest BCUT2D eigenvalue weighted by Gasteiger charge is 2.07. The summed E-state index contributed by atoms with van der Waals surface area (Å²) in [6.07, 6.45) is 3.66. The molecular weight excluding hydrogens is 298 g/mol. The van der Waals surface area contributed by atoms with Crippen LogP contribution in [0.3, 0.4) is 0 Å². The fourth-order valence-electron chi connectivity index (χ4n) is 2.53. The van der Waals surface area contributed by atoms with E-state index in [4.69, 9.17) is 0 Å².